The molecule has 0 unspecified atom stereocenters. The molecule has 1 aliphatic rings. The van der Waals surface area contributed by atoms with Crippen molar-refractivity contribution in [3.05, 3.63) is 95.3 Å². The molecular weight excluding hydrogens is 539 g/mol. The third-order valence-corrected chi connectivity index (χ3v) is 7.09. The molecule has 0 atom stereocenters. The third-order valence-electron chi connectivity index (χ3n) is 7.09. The highest BCUT2D eigenvalue weighted by Crippen LogP contribution is 2.43. The van der Waals surface area contributed by atoms with Gasteiger partial charge in [-0.05, 0) is 68.3 Å². The van der Waals surface area contributed by atoms with Crippen LogP contribution in [0.15, 0.2) is 72.8 Å². The SMILES string of the molecule is COc1ccccc1C(=O)Oc1ccc(-c2ccc3c(c2COc2cc(F)ccc2C)NC(=O)C(C)(C)N3)c(OC)c1. The maximum Gasteiger partial charge on any atom is 0.347 e. The van der Waals surface area contributed by atoms with Crippen LogP contribution in [0.25, 0.3) is 11.1 Å². The van der Waals surface area contributed by atoms with Crippen LogP contribution in [0.5, 0.6) is 23.0 Å². The van der Waals surface area contributed by atoms with E-state index in [0.717, 1.165) is 11.3 Å². The maximum atomic E-state index is 14.0. The zero-order valence-corrected chi connectivity index (χ0v) is 24.0. The van der Waals surface area contributed by atoms with Crippen molar-refractivity contribution in [2.24, 2.45) is 0 Å². The second-order valence-corrected chi connectivity index (χ2v) is 10.4. The second kappa shape index (κ2) is 11.4. The molecule has 1 amide bonds. The fourth-order valence-electron chi connectivity index (χ4n) is 4.77. The van der Waals surface area contributed by atoms with Crippen LogP contribution in [0, 0.1) is 12.7 Å². The summed E-state index contributed by atoms with van der Waals surface area (Å²) >= 11 is 0. The normalized spacial score (nSPS) is 13.3. The number of hydrogen-bond donors (Lipinski definition) is 2. The predicted octanol–water partition coefficient (Wildman–Crippen LogP) is 6.76. The molecule has 0 fully saturated rings. The molecule has 0 aromatic heterocycles. The Kier molecular flexibility index (Phi) is 7.76. The summed E-state index contributed by atoms with van der Waals surface area (Å²) < 4.78 is 36.7. The topological polar surface area (TPSA) is 95.1 Å². The largest absolute Gasteiger partial charge is 0.496 e. The number of ether oxygens (including phenoxy) is 4. The number of benzene rings is 4. The Morgan fingerprint density at radius 1 is 0.881 bits per heavy atom. The fraction of sp³-hybridized carbons (Fsp3) is 0.212. The molecule has 0 radical (unpaired) electrons. The van der Waals surface area contributed by atoms with E-state index in [1.807, 2.05) is 19.1 Å². The van der Waals surface area contributed by atoms with E-state index in [1.54, 1.807) is 62.4 Å². The Morgan fingerprint density at radius 2 is 1.62 bits per heavy atom. The number of anilines is 2. The zero-order valence-electron chi connectivity index (χ0n) is 24.0. The highest BCUT2D eigenvalue weighted by Gasteiger charge is 2.35. The average molecular weight is 571 g/mol. The predicted molar refractivity (Wildman–Crippen MR) is 158 cm³/mol. The van der Waals surface area contributed by atoms with Gasteiger partial charge in [-0.3, -0.25) is 4.79 Å². The van der Waals surface area contributed by atoms with Crippen molar-refractivity contribution >= 4 is 23.3 Å². The lowest BCUT2D eigenvalue weighted by Gasteiger charge is -2.34. The van der Waals surface area contributed by atoms with Gasteiger partial charge in [0.15, 0.2) is 0 Å². The van der Waals surface area contributed by atoms with Gasteiger partial charge in [0.2, 0.25) is 5.91 Å². The number of carbonyl (C=O) groups is 2. The van der Waals surface area contributed by atoms with Crippen LogP contribution in [-0.2, 0) is 11.4 Å². The molecule has 9 heteroatoms. The minimum atomic E-state index is -0.823. The van der Waals surface area contributed by atoms with Gasteiger partial charge in [-0.25, -0.2) is 9.18 Å². The minimum Gasteiger partial charge on any atom is -0.496 e. The molecule has 42 heavy (non-hydrogen) atoms. The van der Waals surface area contributed by atoms with Gasteiger partial charge in [0.1, 0.15) is 46.5 Å². The molecule has 0 spiro atoms. The van der Waals surface area contributed by atoms with E-state index in [0.29, 0.717) is 39.6 Å². The summed E-state index contributed by atoms with van der Waals surface area (Å²) in [6, 6.07) is 20.0. The van der Waals surface area contributed by atoms with E-state index < -0.39 is 17.3 Å². The van der Waals surface area contributed by atoms with E-state index in [4.69, 9.17) is 18.9 Å². The number of aryl methyl sites for hydroxylation is 1. The molecular formula is C33H31FN2O6. The lowest BCUT2D eigenvalue weighted by atomic mass is 9.92. The van der Waals surface area contributed by atoms with Crippen LogP contribution in [-0.4, -0.2) is 31.6 Å². The van der Waals surface area contributed by atoms with Gasteiger partial charge in [-0.1, -0.05) is 24.3 Å². The fourth-order valence-corrected chi connectivity index (χ4v) is 4.77. The van der Waals surface area contributed by atoms with Crippen molar-refractivity contribution in [2.45, 2.75) is 32.9 Å². The highest BCUT2D eigenvalue weighted by molar-refractivity contribution is 6.07. The van der Waals surface area contributed by atoms with E-state index in [1.165, 1.54) is 26.4 Å². The van der Waals surface area contributed by atoms with Crippen molar-refractivity contribution in [1.29, 1.82) is 0 Å². The molecule has 0 aliphatic carbocycles. The van der Waals surface area contributed by atoms with Crippen LogP contribution in [0.2, 0.25) is 0 Å². The minimum absolute atomic E-state index is 0.0267. The Hall–Kier alpha value is -5.05. The number of fused-ring (bicyclic) bond motifs is 1. The van der Waals surface area contributed by atoms with Crippen molar-refractivity contribution < 1.29 is 32.9 Å². The number of carbonyl (C=O) groups excluding carboxylic acids is 2. The molecule has 216 valence electrons. The van der Waals surface area contributed by atoms with Crippen molar-refractivity contribution in [2.75, 3.05) is 24.9 Å². The number of nitrogens with one attached hydrogen (secondary N) is 2. The highest BCUT2D eigenvalue weighted by atomic mass is 19.1. The number of rotatable bonds is 8. The summed E-state index contributed by atoms with van der Waals surface area (Å²) in [5, 5.41) is 6.30. The number of para-hydroxylation sites is 1. The van der Waals surface area contributed by atoms with Gasteiger partial charge in [0, 0.05) is 23.3 Å². The second-order valence-electron chi connectivity index (χ2n) is 10.4. The van der Waals surface area contributed by atoms with E-state index in [9.17, 15) is 14.0 Å². The summed E-state index contributed by atoms with van der Waals surface area (Å²) in [5.41, 5.74) is 3.55. The van der Waals surface area contributed by atoms with Crippen LogP contribution >= 0.6 is 0 Å². The molecule has 2 N–H and O–H groups in total. The monoisotopic (exact) mass is 570 g/mol. The van der Waals surface area contributed by atoms with Gasteiger partial charge in [-0.2, -0.15) is 0 Å². The molecule has 5 rings (SSSR count). The summed E-state index contributed by atoms with van der Waals surface area (Å²) in [5.74, 6) is 0.292. The van der Waals surface area contributed by atoms with Crippen LogP contribution in [0.4, 0.5) is 15.8 Å². The molecule has 0 bridgehead atoms. The molecule has 0 saturated carbocycles. The van der Waals surface area contributed by atoms with Crippen molar-refractivity contribution in [1.82, 2.24) is 0 Å². The third kappa shape index (κ3) is 5.58. The van der Waals surface area contributed by atoms with Gasteiger partial charge in [0.25, 0.3) is 0 Å². The first-order chi connectivity index (χ1) is 20.1. The summed E-state index contributed by atoms with van der Waals surface area (Å²) in [7, 11) is 3.00. The standard InChI is InChI=1S/C33H31FN2O6/c1-19-10-11-20(34)16-28(19)41-18-25-22(14-15-26-30(25)35-32(38)33(2,3)36-26)23-13-12-21(17-29(23)40-5)42-31(37)24-8-6-7-9-27(24)39-4/h6-17,36H,18H2,1-5H3,(H,35,38). The van der Waals surface area contributed by atoms with E-state index in [-0.39, 0.29) is 23.8 Å². The number of esters is 1. The van der Waals surface area contributed by atoms with Crippen LogP contribution in [0.1, 0.15) is 35.3 Å². The average Bonchev–Trinajstić information content (AvgIpc) is 2.98. The summed E-state index contributed by atoms with van der Waals surface area (Å²) in [4.78, 5) is 25.8. The number of halogens is 1. The number of methoxy groups -OCH3 is 2. The maximum absolute atomic E-state index is 14.0. The van der Waals surface area contributed by atoms with Gasteiger partial charge in [0.05, 0.1) is 25.6 Å². The Morgan fingerprint density at radius 3 is 2.38 bits per heavy atom. The Labute approximate surface area is 243 Å². The molecule has 0 saturated heterocycles. The van der Waals surface area contributed by atoms with Gasteiger partial charge in [-0.15, -0.1) is 0 Å². The van der Waals surface area contributed by atoms with E-state index >= 15 is 0 Å². The van der Waals surface area contributed by atoms with Gasteiger partial charge >= 0.3 is 5.97 Å². The number of hydrogen-bond acceptors (Lipinski definition) is 7. The van der Waals surface area contributed by atoms with Crippen LogP contribution < -0.4 is 29.6 Å². The zero-order chi connectivity index (χ0) is 30.0. The first-order valence-corrected chi connectivity index (χ1v) is 13.3. The summed E-state index contributed by atoms with van der Waals surface area (Å²) in [6.45, 7) is 5.44. The molecule has 1 heterocycles. The van der Waals surface area contributed by atoms with Gasteiger partial charge < -0.3 is 29.6 Å². The lowest BCUT2D eigenvalue weighted by molar-refractivity contribution is -0.119. The number of amides is 1. The van der Waals surface area contributed by atoms with Crippen LogP contribution in [0.3, 0.4) is 0 Å². The Balaban J connectivity index is 1.54. The summed E-state index contributed by atoms with van der Waals surface area (Å²) in [6.07, 6.45) is 0. The smallest absolute Gasteiger partial charge is 0.347 e. The molecule has 8 nitrogen and oxygen atoms in total. The molecule has 4 aromatic carbocycles. The first-order valence-electron chi connectivity index (χ1n) is 13.3. The lowest BCUT2D eigenvalue weighted by Crippen LogP contribution is -2.47. The molecule has 1 aliphatic heterocycles. The first kappa shape index (κ1) is 28.5. The van der Waals surface area contributed by atoms with E-state index in [2.05, 4.69) is 10.6 Å². The quantitative estimate of drug-likeness (QED) is 0.179. The molecule has 4 aromatic rings. The van der Waals surface area contributed by atoms with Crippen molar-refractivity contribution in [3.63, 3.8) is 0 Å². The van der Waals surface area contributed by atoms with Crippen molar-refractivity contribution in [3.8, 4) is 34.1 Å². The Bertz CT molecular complexity index is 1680.